The summed E-state index contributed by atoms with van der Waals surface area (Å²) in [6.07, 6.45) is 1.97. The van der Waals surface area contributed by atoms with E-state index < -0.39 is 6.09 Å². The van der Waals surface area contributed by atoms with Crippen molar-refractivity contribution in [3.63, 3.8) is 0 Å². The molecule has 0 saturated carbocycles. The van der Waals surface area contributed by atoms with Gasteiger partial charge < -0.3 is 10.0 Å². The molecule has 7 heteroatoms. The van der Waals surface area contributed by atoms with Gasteiger partial charge in [-0.05, 0) is 54.7 Å². The van der Waals surface area contributed by atoms with Crippen LogP contribution in [0, 0.1) is 0 Å². The summed E-state index contributed by atoms with van der Waals surface area (Å²) in [4.78, 5) is 41.9. The highest BCUT2D eigenvalue weighted by Gasteiger charge is 2.37. The molecule has 2 aromatic rings. The first-order valence-corrected chi connectivity index (χ1v) is 10.3. The molecular weight excluding hydrogens is 382 g/mol. The van der Waals surface area contributed by atoms with Crippen LogP contribution < -0.4 is 4.90 Å². The van der Waals surface area contributed by atoms with Crippen molar-refractivity contribution >= 4 is 23.6 Å². The number of benzene rings is 2. The summed E-state index contributed by atoms with van der Waals surface area (Å²) in [5.41, 5.74) is 3.96. The Morgan fingerprint density at radius 3 is 2.20 bits per heavy atom. The number of piperazine rings is 1. The normalized spacial score (nSPS) is 21.5. The second-order valence-corrected chi connectivity index (χ2v) is 8.15. The van der Waals surface area contributed by atoms with Gasteiger partial charge in [-0.1, -0.05) is 18.2 Å². The zero-order valence-electron chi connectivity index (χ0n) is 16.6. The molecule has 30 heavy (non-hydrogen) atoms. The van der Waals surface area contributed by atoms with Gasteiger partial charge in [0.05, 0.1) is 16.8 Å². The fourth-order valence-corrected chi connectivity index (χ4v) is 4.88. The van der Waals surface area contributed by atoms with E-state index in [1.54, 1.807) is 24.3 Å². The molecule has 0 radical (unpaired) electrons. The molecule has 1 unspecified atom stereocenters. The lowest BCUT2D eigenvalue weighted by Gasteiger charge is -2.40. The van der Waals surface area contributed by atoms with Crippen LogP contribution in [-0.4, -0.2) is 65.0 Å². The molecule has 1 atom stereocenters. The molecular formula is C23H23N3O4. The highest BCUT2D eigenvalue weighted by molar-refractivity contribution is 6.34. The first-order valence-electron chi connectivity index (χ1n) is 10.3. The molecule has 0 spiro atoms. The third-order valence-electron chi connectivity index (χ3n) is 6.55. The second-order valence-electron chi connectivity index (χ2n) is 8.15. The molecule has 0 aromatic heterocycles. The Morgan fingerprint density at radius 2 is 1.57 bits per heavy atom. The topological polar surface area (TPSA) is 81.2 Å². The van der Waals surface area contributed by atoms with Crippen molar-refractivity contribution in [1.82, 2.24) is 9.80 Å². The molecule has 1 N–H and O–H groups in total. The quantitative estimate of drug-likeness (QED) is 0.777. The van der Waals surface area contributed by atoms with Gasteiger partial charge in [-0.2, -0.15) is 0 Å². The van der Waals surface area contributed by atoms with Crippen molar-refractivity contribution in [1.29, 1.82) is 0 Å². The Balaban J connectivity index is 1.35. The Kier molecular flexibility index (Phi) is 4.55. The largest absolute Gasteiger partial charge is 0.465 e. The van der Waals surface area contributed by atoms with Crippen LogP contribution in [0.3, 0.4) is 0 Å². The average Bonchev–Trinajstić information content (AvgIpc) is 3.03. The number of nitrogens with zero attached hydrogens (tertiary/aromatic N) is 3. The summed E-state index contributed by atoms with van der Waals surface area (Å²) in [6, 6.07) is 13.2. The highest BCUT2D eigenvalue weighted by Crippen LogP contribution is 2.33. The van der Waals surface area contributed by atoms with E-state index in [1.807, 2.05) is 18.2 Å². The van der Waals surface area contributed by atoms with Crippen molar-refractivity contribution in [3.8, 4) is 0 Å². The zero-order valence-corrected chi connectivity index (χ0v) is 16.6. The lowest BCUT2D eigenvalue weighted by Crippen LogP contribution is -2.52. The van der Waals surface area contributed by atoms with Gasteiger partial charge in [0, 0.05) is 32.2 Å². The number of carbonyl (C=O) groups is 3. The summed E-state index contributed by atoms with van der Waals surface area (Å²) in [5.74, 6) is -0.541. The maximum absolute atomic E-state index is 12.8. The monoisotopic (exact) mass is 405 g/mol. The van der Waals surface area contributed by atoms with Crippen LogP contribution >= 0.6 is 0 Å². The lowest BCUT2D eigenvalue weighted by atomic mass is 9.86. The lowest BCUT2D eigenvalue weighted by molar-refractivity contribution is 0.0806. The minimum absolute atomic E-state index is 0.271. The fraction of sp³-hybridized carbons (Fsp3) is 0.348. The molecule has 2 heterocycles. The summed E-state index contributed by atoms with van der Waals surface area (Å²) in [5, 5.41) is 9.16. The molecule has 1 fully saturated rings. The molecule has 5 rings (SSSR count). The average molecular weight is 405 g/mol. The number of aryl methyl sites for hydroxylation is 1. The van der Waals surface area contributed by atoms with Gasteiger partial charge in [-0.15, -0.1) is 0 Å². The first-order chi connectivity index (χ1) is 14.5. The molecule has 2 aromatic carbocycles. The number of rotatable bonds is 2. The smallest absolute Gasteiger partial charge is 0.407 e. The van der Waals surface area contributed by atoms with Crippen LogP contribution in [0.2, 0.25) is 0 Å². The SMILES string of the molecule is O=C(O)N1CCN(C2CCc3ccc(N4C(=O)c5ccccc5C4=O)cc3C2)CC1. The van der Waals surface area contributed by atoms with E-state index in [-0.39, 0.29) is 11.8 Å². The number of carbonyl (C=O) groups excluding carboxylic acids is 2. The van der Waals surface area contributed by atoms with E-state index in [2.05, 4.69) is 4.90 Å². The highest BCUT2D eigenvalue weighted by atomic mass is 16.4. The second kappa shape index (κ2) is 7.25. The van der Waals surface area contributed by atoms with Crippen molar-refractivity contribution in [3.05, 3.63) is 64.7 Å². The van der Waals surface area contributed by atoms with Crippen molar-refractivity contribution in [2.24, 2.45) is 0 Å². The van der Waals surface area contributed by atoms with Crippen LogP contribution in [0.15, 0.2) is 42.5 Å². The van der Waals surface area contributed by atoms with Gasteiger partial charge >= 0.3 is 6.09 Å². The van der Waals surface area contributed by atoms with Crippen LogP contribution in [0.4, 0.5) is 10.5 Å². The number of hydrogen-bond acceptors (Lipinski definition) is 4. The van der Waals surface area contributed by atoms with E-state index in [9.17, 15) is 14.4 Å². The van der Waals surface area contributed by atoms with Crippen LogP contribution in [0.1, 0.15) is 38.3 Å². The van der Waals surface area contributed by atoms with E-state index in [4.69, 9.17) is 5.11 Å². The van der Waals surface area contributed by atoms with Gasteiger partial charge in [-0.25, -0.2) is 9.69 Å². The summed E-state index contributed by atoms with van der Waals surface area (Å²) in [6.45, 7) is 2.55. The van der Waals surface area contributed by atoms with E-state index >= 15 is 0 Å². The predicted molar refractivity (Wildman–Crippen MR) is 111 cm³/mol. The molecule has 1 saturated heterocycles. The number of anilines is 1. The zero-order chi connectivity index (χ0) is 20.8. The van der Waals surface area contributed by atoms with Crippen molar-refractivity contribution < 1.29 is 19.5 Å². The number of imide groups is 1. The molecule has 7 nitrogen and oxygen atoms in total. The molecule has 0 bridgehead atoms. The van der Waals surface area contributed by atoms with Crippen molar-refractivity contribution in [2.45, 2.75) is 25.3 Å². The van der Waals surface area contributed by atoms with Gasteiger partial charge in [-0.3, -0.25) is 14.5 Å². The molecule has 1 aliphatic carbocycles. The Hall–Kier alpha value is -3.19. The summed E-state index contributed by atoms with van der Waals surface area (Å²) >= 11 is 0. The minimum atomic E-state index is -0.853. The van der Waals surface area contributed by atoms with Crippen molar-refractivity contribution in [2.75, 3.05) is 31.1 Å². The maximum Gasteiger partial charge on any atom is 0.407 e. The minimum Gasteiger partial charge on any atom is -0.465 e. The van der Waals surface area contributed by atoms with E-state index in [0.717, 1.165) is 32.4 Å². The Morgan fingerprint density at radius 1 is 0.900 bits per heavy atom. The van der Waals surface area contributed by atoms with Gasteiger partial charge in [0.1, 0.15) is 0 Å². The van der Waals surface area contributed by atoms with Crippen LogP contribution in [-0.2, 0) is 12.8 Å². The predicted octanol–water partition coefficient (Wildman–Crippen LogP) is 2.64. The van der Waals surface area contributed by atoms with Gasteiger partial charge in [0.2, 0.25) is 0 Å². The number of carboxylic acid groups (broad SMARTS) is 1. The van der Waals surface area contributed by atoms with Crippen LogP contribution in [0.5, 0.6) is 0 Å². The Bertz CT molecular complexity index is 1010. The third-order valence-corrected chi connectivity index (χ3v) is 6.55. The number of hydrogen-bond donors (Lipinski definition) is 1. The number of fused-ring (bicyclic) bond motifs is 2. The van der Waals surface area contributed by atoms with Gasteiger partial charge in [0.15, 0.2) is 0 Å². The Labute approximate surface area is 174 Å². The number of amides is 3. The summed E-state index contributed by atoms with van der Waals surface area (Å²) < 4.78 is 0. The third kappa shape index (κ3) is 3.06. The van der Waals surface area contributed by atoms with E-state index in [1.165, 1.54) is 20.9 Å². The maximum atomic E-state index is 12.8. The molecule has 154 valence electrons. The van der Waals surface area contributed by atoms with Gasteiger partial charge in [0.25, 0.3) is 11.8 Å². The molecule has 2 aliphatic heterocycles. The van der Waals surface area contributed by atoms with E-state index in [0.29, 0.717) is 35.9 Å². The standard InChI is InChI=1S/C23H23N3O4/c27-21-19-3-1-2-4-20(19)22(28)26(21)18-8-6-15-5-7-17(13-16(15)14-18)24-9-11-25(12-10-24)23(29)30/h1-4,6,8,14,17H,5,7,9-13H2,(H,29,30). The van der Waals surface area contributed by atoms with Crippen LogP contribution in [0.25, 0.3) is 0 Å². The molecule has 3 amide bonds. The fourth-order valence-electron chi connectivity index (χ4n) is 4.88. The summed E-state index contributed by atoms with van der Waals surface area (Å²) in [7, 11) is 0. The molecule has 3 aliphatic rings. The first kappa shape index (κ1) is 18.8.